The summed E-state index contributed by atoms with van der Waals surface area (Å²) in [5, 5.41) is 12.9. The number of nitrogens with one attached hydrogen (secondary N) is 1. The number of hydroxylamine groups is 1. The van der Waals surface area contributed by atoms with Gasteiger partial charge in [0.1, 0.15) is 23.9 Å². The Morgan fingerprint density at radius 3 is 2.60 bits per heavy atom. The van der Waals surface area contributed by atoms with E-state index in [1.807, 2.05) is 0 Å². The van der Waals surface area contributed by atoms with Crippen molar-refractivity contribution in [2.45, 2.75) is 31.3 Å². The monoisotopic (exact) mass is 616 g/mol. The highest BCUT2D eigenvalue weighted by Crippen LogP contribution is 2.46. The molecule has 3 heterocycles. The van der Waals surface area contributed by atoms with Crippen LogP contribution in [0, 0.1) is 29.4 Å². The number of pyridine rings is 1. The molecule has 3 aliphatic rings. The van der Waals surface area contributed by atoms with Gasteiger partial charge >= 0.3 is 5.97 Å². The summed E-state index contributed by atoms with van der Waals surface area (Å²) in [7, 11) is 0. The quantitative estimate of drug-likeness (QED) is 0.263. The molecule has 1 aromatic heterocycles. The van der Waals surface area contributed by atoms with E-state index in [0.717, 1.165) is 36.4 Å². The van der Waals surface area contributed by atoms with Crippen LogP contribution in [0.4, 0.5) is 14.6 Å². The van der Waals surface area contributed by atoms with Crippen LogP contribution in [0.2, 0.25) is 10.0 Å². The minimum Gasteiger partial charge on any atom is -0.489 e. The smallest absolute Gasteiger partial charge is 0.337 e. The molecular formula is C29H24Cl2F2N4O5. The van der Waals surface area contributed by atoms with Crippen molar-refractivity contribution in [1.29, 1.82) is 0 Å². The van der Waals surface area contributed by atoms with Crippen LogP contribution in [-0.2, 0) is 10.4 Å². The van der Waals surface area contributed by atoms with Crippen molar-refractivity contribution in [3.8, 4) is 5.75 Å². The molecule has 0 radical (unpaired) electrons. The summed E-state index contributed by atoms with van der Waals surface area (Å²) in [6, 6.07) is 8.04. The van der Waals surface area contributed by atoms with Gasteiger partial charge in [0, 0.05) is 28.3 Å². The van der Waals surface area contributed by atoms with Gasteiger partial charge < -0.3 is 19.6 Å². The van der Waals surface area contributed by atoms with E-state index in [-0.39, 0.29) is 47.0 Å². The van der Waals surface area contributed by atoms with E-state index in [1.165, 1.54) is 17.0 Å². The second-order valence-electron chi connectivity index (χ2n) is 10.7. The van der Waals surface area contributed by atoms with E-state index in [9.17, 15) is 18.5 Å². The van der Waals surface area contributed by atoms with Gasteiger partial charge in [-0.1, -0.05) is 34.4 Å². The summed E-state index contributed by atoms with van der Waals surface area (Å²) >= 11 is 13.0. The highest BCUT2D eigenvalue weighted by Gasteiger charge is 2.49. The van der Waals surface area contributed by atoms with Crippen molar-refractivity contribution in [3.63, 3.8) is 0 Å². The van der Waals surface area contributed by atoms with Crippen molar-refractivity contribution >= 4 is 35.0 Å². The molecule has 1 saturated carbocycles. The average molecular weight is 617 g/mol. The summed E-state index contributed by atoms with van der Waals surface area (Å²) in [4.78, 5) is 34.3. The lowest BCUT2D eigenvalue weighted by molar-refractivity contribution is 0.0695. The van der Waals surface area contributed by atoms with Crippen molar-refractivity contribution in [1.82, 2.24) is 10.5 Å². The maximum Gasteiger partial charge on any atom is 0.337 e. The Hall–Kier alpha value is -3.80. The minimum atomic E-state index is -1.30. The van der Waals surface area contributed by atoms with Crippen LogP contribution >= 0.6 is 23.2 Å². The molecule has 2 aromatic carbocycles. The molecule has 2 N–H and O–H groups in total. The van der Waals surface area contributed by atoms with Crippen LogP contribution in [-0.4, -0.2) is 35.8 Å². The largest absolute Gasteiger partial charge is 0.489 e. The number of aromatic nitrogens is 1. The molecule has 6 rings (SSSR count). The number of anilines is 1. The van der Waals surface area contributed by atoms with Gasteiger partial charge in [0.2, 0.25) is 0 Å². The first-order valence-corrected chi connectivity index (χ1v) is 13.9. The Morgan fingerprint density at radius 2 is 1.98 bits per heavy atom. The number of ether oxygens (including phenoxy) is 1. The van der Waals surface area contributed by atoms with Gasteiger partial charge in [-0.05, 0) is 61.2 Å². The zero-order chi connectivity index (χ0) is 29.8. The number of aromatic carboxylic acids is 1. The normalized spacial score (nSPS) is 19.4. The minimum absolute atomic E-state index is 0.00681. The predicted octanol–water partition coefficient (Wildman–Crippen LogP) is 6.47. The number of nitrogens with zero attached hydrogens (tertiary/aromatic N) is 3. The molecule has 3 aromatic rings. The van der Waals surface area contributed by atoms with Gasteiger partial charge in [0.15, 0.2) is 17.2 Å². The molecule has 13 heteroatoms. The highest BCUT2D eigenvalue weighted by atomic mass is 35.5. The molecular weight excluding hydrogens is 593 g/mol. The molecule has 1 aliphatic carbocycles. The first-order valence-electron chi connectivity index (χ1n) is 13.1. The predicted molar refractivity (Wildman–Crippen MR) is 151 cm³/mol. The first kappa shape index (κ1) is 28.3. The first-order chi connectivity index (χ1) is 20.1. The Labute approximate surface area is 249 Å². The molecule has 1 saturated heterocycles. The third-order valence-corrected chi connectivity index (χ3v) is 8.40. The number of rotatable bonds is 9. The zero-order valence-corrected chi connectivity index (χ0v) is 23.7. The van der Waals surface area contributed by atoms with Crippen LogP contribution < -0.4 is 15.1 Å². The van der Waals surface area contributed by atoms with E-state index in [0.29, 0.717) is 22.4 Å². The Morgan fingerprint density at radius 1 is 1.21 bits per heavy atom. The van der Waals surface area contributed by atoms with Crippen LogP contribution in [0.5, 0.6) is 5.75 Å². The number of nitroso groups, excluding NO2 is 1. The number of carbonyl (C=O) groups is 1. The number of benzene rings is 2. The van der Waals surface area contributed by atoms with E-state index in [4.69, 9.17) is 37.9 Å². The number of hydrogen-bond acceptors (Lipinski definition) is 8. The molecule has 9 nitrogen and oxygen atoms in total. The number of aryl methyl sites for hydroxylation is 1. The SMILES string of the molecule is Cc1cc(F)cc(Cl)c1C1NOC(C2CC2)=C1COc1ccc(C2(N=O)CN(c3ncc(C(=O)O)cc3F)C2)c(Cl)c1. The topological polar surface area (TPSA) is 113 Å². The average Bonchev–Trinajstić information content (AvgIpc) is 3.68. The van der Waals surface area contributed by atoms with Gasteiger partial charge in [-0.3, -0.25) is 0 Å². The van der Waals surface area contributed by atoms with E-state index < -0.39 is 29.2 Å². The Kier molecular flexibility index (Phi) is 7.28. The van der Waals surface area contributed by atoms with Crippen molar-refractivity contribution in [3.05, 3.63) is 103 Å². The third-order valence-electron chi connectivity index (χ3n) is 7.77. The molecule has 2 fully saturated rings. The Balaban J connectivity index is 1.19. The van der Waals surface area contributed by atoms with Gasteiger partial charge in [-0.15, -0.1) is 10.4 Å². The molecule has 2 aliphatic heterocycles. The summed E-state index contributed by atoms with van der Waals surface area (Å²) in [6.07, 6.45) is 3.04. The standard InChI is InChI=1S/C29H24Cl2F2N4O5/c1-14-6-17(32)8-22(31)24(14)25-19(26(42-35-25)15-2-3-15)11-41-18-4-5-20(21(30)9-18)29(36-40)12-37(13-29)27-23(33)7-16(10-34-27)28(38)39/h4-10,15,25,35H,2-3,11-13H2,1H3,(H,38,39). The fraction of sp³-hybridized carbons (Fsp3) is 0.310. The number of carboxylic acid groups (broad SMARTS) is 1. The summed E-state index contributed by atoms with van der Waals surface area (Å²) in [5.74, 6) is -1.11. The van der Waals surface area contributed by atoms with Gasteiger partial charge in [0.25, 0.3) is 0 Å². The zero-order valence-electron chi connectivity index (χ0n) is 22.2. The summed E-state index contributed by atoms with van der Waals surface area (Å²) in [5.41, 5.74) is 4.17. The molecule has 0 amide bonds. The highest BCUT2D eigenvalue weighted by molar-refractivity contribution is 6.32. The van der Waals surface area contributed by atoms with E-state index in [2.05, 4.69) is 15.6 Å². The van der Waals surface area contributed by atoms with E-state index >= 15 is 0 Å². The lowest BCUT2D eigenvalue weighted by Gasteiger charge is -2.46. The lowest BCUT2D eigenvalue weighted by atomic mass is 9.83. The van der Waals surface area contributed by atoms with Gasteiger partial charge in [0.05, 0.1) is 29.7 Å². The maximum atomic E-state index is 14.5. The van der Waals surface area contributed by atoms with Crippen LogP contribution in [0.15, 0.2) is 59.1 Å². The molecule has 42 heavy (non-hydrogen) atoms. The summed E-state index contributed by atoms with van der Waals surface area (Å²) in [6.45, 7) is 1.94. The fourth-order valence-corrected chi connectivity index (χ4v) is 6.18. The molecule has 0 bridgehead atoms. The molecule has 0 spiro atoms. The maximum absolute atomic E-state index is 14.5. The van der Waals surface area contributed by atoms with Gasteiger partial charge in [-0.25, -0.2) is 18.6 Å². The lowest BCUT2D eigenvalue weighted by Crippen LogP contribution is -2.59. The number of halogens is 4. The number of allylic oxidation sites excluding steroid dienone is 1. The molecule has 1 unspecified atom stereocenters. The second kappa shape index (κ2) is 10.8. The number of carboxylic acids is 1. The Bertz CT molecular complexity index is 1620. The van der Waals surface area contributed by atoms with Crippen molar-refractivity contribution < 1.29 is 28.3 Å². The number of hydrogen-bond donors (Lipinski definition) is 2. The molecule has 218 valence electrons. The van der Waals surface area contributed by atoms with Crippen LogP contribution in [0.1, 0.15) is 45.9 Å². The van der Waals surface area contributed by atoms with Crippen molar-refractivity contribution in [2.24, 2.45) is 11.1 Å². The fourth-order valence-electron chi connectivity index (χ4n) is 5.48. The van der Waals surface area contributed by atoms with Crippen molar-refractivity contribution in [2.75, 3.05) is 24.6 Å². The van der Waals surface area contributed by atoms with Gasteiger partial charge in [-0.2, -0.15) is 0 Å². The molecule has 1 atom stereocenters. The van der Waals surface area contributed by atoms with Crippen LogP contribution in [0.25, 0.3) is 0 Å². The van der Waals surface area contributed by atoms with E-state index in [1.54, 1.807) is 25.1 Å². The van der Waals surface area contributed by atoms with Crippen LogP contribution in [0.3, 0.4) is 0 Å². The summed E-state index contributed by atoms with van der Waals surface area (Å²) < 4.78 is 34.5. The third kappa shape index (κ3) is 5.05. The second-order valence-corrected chi connectivity index (χ2v) is 11.5.